The zero-order valence-electron chi connectivity index (χ0n) is 13.9. The molecule has 132 valence electrons. The van der Waals surface area contributed by atoms with Crippen LogP contribution in [0.1, 0.15) is 45.7 Å². The van der Waals surface area contributed by atoms with Gasteiger partial charge in [0.15, 0.2) is 0 Å². The fourth-order valence-electron chi connectivity index (χ4n) is 1.63. The molecule has 1 heterocycles. The molecule has 1 aromatic heterocycles. The van der Waals surface area contributed by atoms with Crippen LogP contribution in [-0.2, 0) is 9.59 Å². The lowest BCUT2D eigenvalue weighted by Gasteiger charge is -2.15. The van der Waals surface area contributed by atoms with E-state index in [0.717, 1.165) is 0 Å². The van der Waals surface area contributed by atoms with E-state index in [1.807, 2.05) is 13.8 Å². The summed E-state index contributed by atoms with van der Waals surface area (Å²) in [5, 5.41) is 20.3. The molecule has 0 spiro atoms. The van der Waals surface area contributed by atoms with Gasteiger partial charge >= 0.3 is 5.97 Å². The van der Waals surface area contributed by atoms with Crippen LogP contribution in [-0.4, -0.2) is 44.2 Å². The second-order valence-corrected chi connectivity index (χ2v) is 7.03. The van der Waals surface area contributed by atoms with Gasteiger partial charge in [0.25, 0.3) is 0 Å². The number of rotatable bonds is 9. The lowest BCUT2D eigenvalue weighted by Crippen LogP contribution is -2.26. The number of thiol groups is 1. The Morgan fingerprint density at radius 3 is 2.62 bits per heavy atom. The average molecular weight is 354 g/mol. The number of hydrogen-bond acceptors (Lipinski definition) is 7. The van der Waals surface area contributed by atoms with Gasteiger partial charge < -0.3 is 9.84 Å². The average Bonchev–Trinajstić information content (AvgIpc) is 2.48. The topological polar surface area (TPSA) is 114 Å². The van der Waals surface area contributed by atoms with Crippen LogP contribution in [0.25, 0.3) is 0 Å². The molecule has 0 aliphatic carbocycles. The molecule has 8 nitrogen and oxygen atoms in total. The summed E-state index contributed by atoms with van der Waals surface area (Å²) >= 11 is 4.29. The summed E-state index contributed by atoms with van der Waals surface area (Å²) in [5.74, 6) is -0.797. The Bertz CT molecular complexity index is 596. The maximum absolute atomic E-state index is 11.7. The van der Waals surface area contributed by atoms with Crippen LogP contribution in [0.15, 0.2) is 17.2 Å². The molecule has 0 atom stereocenters. The molecule has 0 saturated heterocycles. The highest BCUT2D eigenvalue weighted by atomic mass is 32.1. The van der Waals surface area contributed by atoms with Crippen LogP contribution < -0.4 is 10.2 Å². The van der Waals surface area contributed by atoms with E-state index in [1.165, 1.54) is 0 Å². The second kappa shape index (κ2) is 9.21. The molecule has 9 heteroatoms. The number of aromatic nitrogens is 2. The summed E-state index contributed by atoms with van der Waals surface area (Å²) < 4.78 is 4.88. The molecule has 24 heavy (non-hydrogen) atoms. The fourth-order valence-corrected chi connectivity index (χ4v) is 1.77. The van der Waals surface area contributed by atoms with Crippen LogP contribution in [0.5, 0.6) is 5.88 Å². The van der Waals surface area contributed by atoms with Crippen molar-refractivity contribution in [2.75, 3.05) is 6.61 Å². The summed E-state index contributed by atoms with van der Waals surface area (Å²) in [4.78, 5) is 22.1. The Balaban J connectivity index is 2.50. The molecule has 0 bridgehead atoms. The highest BCUT2D eigenvalue weighted by Gasteiger charge is 2.16. The minimum Gasteiger partial charge on any atom is -0.481 e. The van der Waals surface area contributed by atoms with Gasteiger partial charge in [-0.05, 0) is 19.4 Å². The number of carboxylic acids is 1. The summed E-state index contributed by atoms with van der Waals surface area (Å²) in [7, 11) is 0. The Kier molecular flexibility index (Phi) is 7.63. The van der Waals surface area contributed by atoms with Crippen LogP contribution in [0.3, 0.4) is 0 Å². The SMILES string of the molecule is C/C(=N\NC(=O)CC(C)(C)S)c1ccc(OCCCC(=O)O)nn1. The number of carboxylic acid groups (broad SMARTS) is 1. The van der Waals surface area contributed by atoms with Gasteiger partial charge in [-0.2, -0.15) is 17.7 Å². The predicted molar refractivity (Wildman–Crippen MR) is 92.4 cm³/mol. The molecular weight excluding hydrogens is 332 g/mol. The van der Waals surface area contributed by atoms with Crippen molar-refractivity contribution in [3.8, 4) is 5.88 Å². The summed E-state index contributed by atoms with van der Waals surface area (Å²) in [5.41, 5.74) is 3.45. The number of hydrazone groups is 1. The van der Waals surface area contributed by atoms with Crippen molar-refractivity contribution in [2.24, 2.45) is 5.10 Å². The van der Waals surface area contributed by atoms with E-state index in [2.05, 4.69) is 33.4 Å². The number of hydrogen-bond donors (Lipinski definition) is 3. The molecule has 0 saturated carbocycles. The lowest BCUT2D eigenvalue weighted by atomic mass is 10.1. The number of carbonyl (C=O) groups excluding carboxylic acids is 1. The molecule has 0 fully saturated rings. The Morgan fingerprint density at radius 1 is 1.38 bits per heavy atom. The molecule has 0 unspecified atom stereocenters. The third-order valence-electron chi connectivity index (χ3n) is 2.74. The van der Waals surface area contributed by atoms with Gasteiger partial charge in [-0.1, -0.05) is 13.8 Å². The van der Waals surface area contributed by atoms with Crippen molar-refractivity contribution < 1.29 is 19.4 Å². The smallest absolute Gasteiger partial charge is 0.303 e. The maximum atomic E-state index is 11.7. The van der Waals surface area contributed by atoms with Gasteiger partial charge in [0, 0.05) is 23.7 Å². The largest absolute Gasteiger partial charge is 0.481 e. The number of amides is 1. The molecule has 1 rings (SSSR count). The van der Waals surface area contributed by atoms with Crippen LogP contribution in [0, 0.1) is 0 Å². The van der Waals surface area contributed by atoms with Crippen molar-refractivity contribution >= 4 is 30.2 Å². The standard InChI is InChI=1S/C15H22N4O4S/c1-10(16-18-12(20)9-15(2,3)24)11-6-7-13(19-17-11)23-8-4-5-14(21)22/h6-7,24H,4-5,8-9H2,1-3H3,(H,18,20)(H,21,22)/b16-10+. The quantitative estimate of drug-likeness (QED) is 0.269. The van der Waals surface area contributed by atoms with Crippen molar-refractivity contribution in [1.29, 1.82) is 0 Å². The van der Waals surface area contributed by atoms with Crippen molar-refractivity contribution in [3.05, 3.63) is 17.8 Å². The van der Waals surface area contributed by atoms with Gasteiger partial charge in [-0.25, -0.2) is 5.43 Å². The Morgan fingerprint density at radius 2 is 2.08 bits per heavy atom. The summed E-state index contributed by atoms with van der Waals surface area (Å²) in [6.07, 6.45) is 0.675. The van der Waals surface area contributed by atoms with Crippen LogP contribution in [0.4, 0.5) is 0 Å². The normalized spacial score (nSPS) is 11.9. The van der Waals surface area contributed by atoms with Crippen molar-refractivity contribution in [1.82, 2.24) is 15.6 Å². The van der Waals surface area contributed by atoms with E-state index in [0.29, 0.717) is 23.7 Å². The molecular formula is C15H22N4O4S. The number of carbonyl (C=O) groups is 2. The summed E-state index contributed by atoms with van der Waals surface area (Å²) in [6, 6.07) is 3.27. The van der Waals surface area contributed by atoms with Gasteiger partial charge in [-0.15, -0.1) is 10.2 Å². The van der Waals surface area contributed by atoms with E-state index in [-0.39, 0.29) is 25.4 Å². The first-order valence-corrected chi connectivity index (χ1v) is 7.86. The first kappa shape index (κ1) is 19.9. The molecule has 1 amide bonds. The minimum atomic E-state index is -0.866. The Labute approximate surface area is 146 Å². The molecule has 2 N–H and O–H groups in total. The number of aliphatic carboxylic acids is 1. The van der Waals surface area contributed by atoms with E-state index in [4.69, 9.17) is 9.84 Å². The first-order valence-electron chi connectivity index (χ1n) is 7.41. The molecule has 0 aromatic carbocycles. The van der Waals surface area contributed by atoms with E-state index in [1.54, 1.807) is 19.1 Å². The molecule has 0 aliphatic rings. The van der Waals surface area contributed by atoms with Gasteiger partial charge in [0.2, 0.25) is 11.8 Å². The monoisotopic (exact) mass is 354 g/mol. The van der Waals surface area contributed by atoms with Gasteiger partial charge in [0.1, 0.15) is 5.69 Å². The lowest BCUT2D eigenvalue weighted by molar-refractivity contribution is -0.137. The first-order chi connectivity index (χ1) is 11.2. The third kappa shape index (κ3) is 8.47. The van der Waals surface area contributed by atoms with E-state index >= 15 is 0 Å². The highest BCUT2D eigenvalue weighted by molar-refractivity contribution is 7.81. The minimum absolute atomic E-state index is 0.0417. The Hall–Kier alpha value is -2.16. The van der Waals surface area contributed by atoms with Crippen LogP contribution >= 0.6 is 12.6 Å². The molecule has 0 aliphatic heterocycles. The molecule has 1 aromatic rings. The van der Waals surface area contributed by atoms with Crippen molar-refractivity contribution in [2.45, 2.75) is 44.8 Å². The zero-order valence-corrected chi connectivity index (χ0v) is 14.8. The number of nitrogens with zero attached hydrogens (tertiary/aromatic N) is 3. The van der Waals surface area contributed by atoms with E-state index < -0.39 is 10.7 Å². The van der Waals surface area contributed by atoms with Gasteiger partial charge in [-0.3, -0.25) is 9.59 Å². The van der Waals surface area contributed by atoms with Crippen LogP contribution in [0.2, 0.25) is 0 Å². The molecule has 0 radical (unpaired) electrons. The predicted octanol–water partition coefficient (Wildman–Crippen LogP) is 1.66. The second-order valence-electron chi connectivity index (χ2n) is 5.82. The number of ether oxygens (including phenoxy) is 1. The zero-order chi connectivity index (χ0) is 18.2. The third-order valence-corrected chi connectivity index (χ3v) is 2.90. The highest BCUT2D eigenvalue weighted by Crippen LogP contribution is 2.16. The van der Waals surface area contributed by atoms with E-state index in [9.17, 15) is 9.59 Å². The van der Waals surface area contributed by atoms with Crippen molar-refractivity contribution in [3.63, 3.8) is 0 Å². The fraction of sp³-hybridized carbons (Fsp3) is 0.533. The number of nitrogens with one attached hydrogen (secondary N) is 1. The summed E-state index contributed by atoms with van der Waals surface area (Å²) in [6.45, 7) is 5.63. The van der Waals surface area contributed by atoms with Gasteiger partial charge in [0.05, 0.1) is 12.3 Å². The maximum Gasteiger partial charge on any atom is 0.303 e.